The Morgan fingerprint density at radius 2 is 1.29 bits per heavy atom. The summed E-state index contributed by atoms with van der Waals surface area (Å²) in [5, 5.41) is 6.78. The van der Waals surface area contributed by atoms with Crippen molar-refractivity contribution in [1.29, 1.82) is 0 Å². The van der Waals surface area contributed by atoms with Crippen molar-refractivity contribution in [3.05, 3.63) is 150 Å². The van der Waals surface area contributed by atoms with Crippen molar-refractivity contribution in [2.45, 2.75) is 22.6 Å². The van der Waals surface area contributed by atoms with Crippen molar-refractivity contribution in [3.8, 4) is 28.3 Å². The number of hydrogen-bond donors (Lipinski definition) is 0. The first-order valence-electron chi connectivity index (χ1n) is 16.7. The number of fused-ring (bicyclic) bond motifs is 7. The monoisotopic (exact) mass is 648 g/mol. The molecule has 6 aromatic carbocycles. The summed E-state index contributed by atoms with van der Waals surface area (Å²) in [5.74, 6) is 0.745. The topological polar surface area (TPSA) is 43.9 Å². The van der Waals surface area contributed by atoms with E-state index in [0.29, 0.717) is 0 Å². The molecule has 0 saturated heterocycles. The average Bonchev–Trinajstić information content (AvgIpc) is 3.68. The van der Waals surface area contributed by atoms with Gasteiger partial charge in [0.2, 0.25) is 0 Å². The highest BCUT2D eigenvalue weighted by Gasteiger charge is 2.19. The number of benzene rings is 6. The predicted molar refractivity (Wildman–Crippen MR) is 204 cm³/mol. The largest absolute Gasteiger partial charge is 0.456 e. The van der Waals surface area contributed by atoms with E-state index in [1.54, 1.807) is 0 Å². The van der Waals surface area contributed by atoms with E-state index in [0.717, 1.165) is 84.7 Å². The molecule has 4 nitrogen and oxygen atoms in total. The molecule has 0 spiro atoms. The lowest BCUT2D eigenvalue weighted by molar-refractivity contribution is 0.669. The summed E-state index contributed by atoms with van der Waals surface area (Å²) in [6, 6.07) is 49.4. The van der Waals surface area contributed by atoms with Gasteiger partial charge in [-0.3, -0.25) is 0 Å². The Bertz CT molecular complexity index is 2840. The van der Waals surface area contributed by atoms with E-state index >= 15 is 0 Å². The summed E-state index contributed by atoms with van der Waals surface area (Å²) in [4.78, 5) is 12.7. The molecule has 5 heteroatoms. The van der Waals surface area contributed by atoms with Crippen LogP contribution in [0, 0.1) is 0 Å². The molecule has 0 amide bonds. The van der Waals surface area contributed by atoms with Crippen LogP contribution in [0.1, 0.15) is 12.8 Å². The standard InChI is InChI=1S/C44H29N3OS/c1-3-11-28(12-4-1)43-34-16-7-9-17-38(34)45-44(46-43)29-19-21-30(22-20-29)47-39-24-23-32(49-31-13-5-2-6-14-31)25-35(39)36-27-42-37(26-40(36)47)33-15-8-10-18-41(33)48-42/h1-6,8,10-27H,7,9H2/p+1. The van der Waals surface area contributed by atoms with Crippen molar-refractivity contribution < 1.29 is 4.42 Å². The van der Waals surface area contributed by atoms with Crippen LogP contribution in [-0.4, -0.2) is 14.5 Å². The molecule has 0 aliphatic heterocycles. The second kappa shape index (κ2) is 11.4. The fourth-order valence-corrected chi connectivity index (χ4v) is 8.18. The maximum absolute atomic E-state index is 6.37. The van der Waals surface area contributed by atoms with E-state index in [-0.39, 0.29) is 0 Å². The molecule has 0 unspecified atom stereocenters. The van der Waals surface area contributed by atoms with Crippen molar-refractivity contribution in [2.75, 3.05) is 0 Å². The Labute approximate surface area is 286 Å². The van der Waals surface area contributed by atoms with E-state index < -0.39 is 0 Å². The molecule has 3 heterocycles. The summed E-state index contributed by atoms with van der Waals surface area (Å²) in [7, 11) is 0. The maximum atomic E-state index is 6.37. The zero-order chi connectivity index (χ0) is 32.3. The Balaban J connectivity index is 1.15. The van der Waals surface area contributed by atoms with Crippen molar-refractivity contribution >= 4 is 67.7 Å². The fourth-order valence-electron chi connectivity index (χ4n) is 7.22. The van der Waals surface area contributed by atoms with Crippen molar-refractivity contribution in [1.82, 2.24) is 14.5 Å². The van der Waals surface area contributed by atoms with Gasteiger partial charge in [-0.2, -0.15) is 0 Å². The minimum atomic E-state index is 0.745. The number of aromatic nitrogens is 3. The normalized spacial score (nSPS) is 12.7. The molecule has 0 fully saturated rings. The van der Waals surface area contributed by atoms with Gasteiger partial charge in [-0.15, -0.1) is 0 Å². The molecular weight excluding hydrogens is 619 g/mol. The van der Waals surface area contributed by atoms with Crippen LogP contribution in [0.4, 0.5) is 0 Å². The van der Waals surface area contributed by atoms with Gasteiger partial charge in [0.15, 0.2) is 15.6 Å². The van der Waals surface area contributed by atoms with Crippen LogP contribution in [0.15, 0.2) is 154 Å². The van der Waals surface area contributed by atoms with Gasteiger partial charge in [0, 0.05) is 61.4 Å². The molecule has 9 aromatic rings. The number of thiol groups is 1. The second-order valence-corrected chi connectivity index (χ2v) is 13.8. The van der Waals surface area contributed by atoms with Gasteiger partial charge >= 0.3 is 0 Å². The molecule has 3 aromatic heterocycles. The molecule has 1 aliphatic carbocycles. The molecule has 10 rings (SSSR count). The van der Waals surface area contributed by atoms with Gasteiger partial charge in [-0.25, -0.2) is 9.97 Å². The first-order valence-corrected chi connectivity index (χ1v) is 17.6. The van der Waals surface area contributed by atoms with Crippen LogP contribution in [0.25, 0.3) is 84.2 Å². The van der Waals surface area contributed by atoms with Gasteiger partial charge in [0.05, 0.1) is 22.1 Å². The van der Waals surface area contributed by atoms with Crippen LogP contribution in [-0.2, 0) is 11.8 Å². The van der Waals surface area contributed by atoms with Gasteiger partial charge < -0.3 is 8.98 Å². The van der Waals surface area contributed by atoms with E-state index in [9.17, 15) is 0 Å². The second-order valence-electron chi connectivity index (χ2n) is 12.5. The van der Waals surface area contributed by atoms with Crippen LogP contribution in [0.3, 0.4) is 0 Å². The number of hydrogen-bond acceptors (Lipinski definition) is 3. The van der Waals surface area contributed by atoms with Gasteiger partial charge in [-0.1, -0.05) is 78.9 Å². The molecule has 0 atom stereocenters. The SMILES string of the molecule is C1=c2nc(-c3ccc(-n4c5ccc([SH+]c6ccccc6)cc5c5cc6oc7ccccc7c6cc54)cc3)nc(-c3ccccc3)c2=CCC1. The minimum absolute atomic E-state index is 0.745. The quantitative estimate of drug-likeness (QED) is 0.138. The Kier molecular flexibility index (Phi) is 6.52. The number of nitrogens with zero attached hydrogens (tertiary/aromatic N) is 3. The highest BCUT2D eigenvalue weighted by Crippen LogP contribution is 2.39. The summed E-state index contributed by atoms with van der Waals surface area (Å²) < 4.78 is 8.75. The Morgan fingerprint density at radius 3 is 2.14 bits per heavy atom. The summed E-state index contributed by atoms with van der Waals surface area (Å²) >= 11 is 1.18. The molecule has 0 saturated carbocycles. The highest BCUT2D eigenvalue weighted by atomic mass is 32.2. The Hall–Kier alpha value is -5.91. The lowest BCUT2D eigenvalue weighted by Gasteiger charge is -2.11. The van der Waals surface area contributed by atoms with Crippen molar-refractivity contribution in [3.63, 3.8) is 0 Å². The zero-order valence-corrected chi connectivity index (χ0v) is 27.4. The number of furan rings is 1. The minimum Gasteiger partial charge on any atom is -0.456 e. The number of rotatable bonds is 5. The first-order chi connectivity index (χ1) is 24.3. The summed E-state index contributed by atoms with van der Waals surface area (Å²) in [6.45, 7) is 0. The predicted octanol–water partition coefficient (Wildman–Crippen LogP) is 9.39. The maximum Gasteiger partial charge on any atom is 0.160 e. The molecule has 0 bridgehead atoms. The van der Waals surface area contributed by atoms with E-state index in [1.807, 2.05) is 18.2 Å². The third-order valence-electron chi connectivity index (χ3n) is 9.52. The van der Waals surface area contributed by atoms with Crippen LogP contribution < -0.4 is 10.6 Å². The number of para-hydroxylation sites is 1. The molecule has 0 N–H and O–H groups in total. The van der Waals surface area contributed by atoms with Crippen LogP contribution in [0.5, 0.6) is 0 Å². The van der Waals surface area contributed by atoms with E-state index in [2.05, 4.69) is 138 Å². The third-order valence-corrected chi connectivity index (χ3v) is 10.6. The lowest BCUT2D eigenvalue weighted by atomic mass is 10.0. The first kappa shape index (κ1) is 28.1. The van der Waals surface area contributed by atoms with Crippen LogP contribution >= 0.6 is 0 Å². The molecule has 232 valence electrons. The fraction of sp³-hybridized carbons (Fsp3) is 0.0455. The Morgan fingerprint density at radius 1 is 0.531 bits per heavy atom. The van der Waals surface area contributed by atoms with Gasteiger partial charge in [0.25, 0.3) is 0 Å². The molecular formula is C44H30N3OS+. The zero-order valence-electron chi connectivity index (χ0n) is 26.5. The molecule has 0 radical (unpaired) electrons. The van der Waals surface area contributed by atoms with E-state index in [1.165, 1.54) is 32.3 Å². The highest BCUT2D eigenvalue weighted by molar-refractivity contribution is 7.78. The van der Waals surface area contributed by atoms with Gasteiger partial charge in [0.1, 0.15) is 11.2 Å². The average molecular weight is 649 g/mol. The lowest BCUT2D eigenvalue weighted by Crippen LogP contribution is -2.33. The van der Waals surface area contributed by atoms with Crippen molar-refractivity contribution in [2.24, 2.45) is 0 Å². The van der Waals surface area contributed by atoms with Gasteiger partial charge in [-0.05, 0) is 79.6 Å². The van der Waals surface area contributed by atoms with E-state index in [4.69, 9.17) is 14.4 Å². The summed E-state index contributed by atoms with van der Waals surface area (Å²) in [6.07, 6.45) is 6.52. The molecule has 1 aliphatic rings. The van der Waals surface area contributed by atoms with Crippen LogP contribution in [0.2, 0.25) is 0 Å². The smallest absolute Gasteiger partial charge is 0.160 e. The third kappa shape index (κ3) is 4.77. The molecule has 49 heavy (non-hydrogen) atoms. The summed E-state index contributed by atoms with van der Waals surface area (Å²) in [5.41, 5.74) is 8.31.